The molecule has 2 atom stereocenters. The normalized spacial score (nSPS) is 21.5. The fourth-order valence-electron chi connectivity index (χ4n) is 3.45. The van der Waals surface area contributed by atoms with Gasteiger partial charge >= 0.3 is 0 Å². The van der Waals surface area contributed by atoms with E-state index in [-0.39, 0.29) is 23.3 Å². The summed E-state index contributed by atoms with van der Waals surface area (Å²) >= 11 is 0. The smallest absolute Gasteiger partial charge is 0.123 e. The minimum absolute atomic E-state index is 0.0199. The van der Waals surface area contributed by atoms with Crippen molar-refractivity contribution in [1.82, 2.24) is 0 Å². The van der Waals surface area contributed by atoms with Gasteiger partial charge < -0.3 is 10.2 Å². The monoisotopic (exact) mass is 300 g/mol. The third kappa shape index (κ3) is 3.55. The summed E-state index contributed by atoms with van der Waals surface area (Å²) in [7, 11) is 0. The van der Waals surface area contributed by atoms with Crippen LogP contribution in [0.5, 0.6) is 11.5 Å². The molecule has 0 fully saturated rings. The van der Waals surface area contributed by atoms with Crippen LogP contribution in [0.2, 0.25) is 0 Å². The zero-order valence-electron chi connectivity index (χ0n) is 14.0. The van der Waals surface area contributed by atoms with Crippen LogP contribution >= 0.6 is 0 Å². The third-order valence-corrected chi connectivity index (χ3v) is 4.73. The zero-order chi connectivity index (χ0) is 16.3. The zero-order valence-corrected chi connectivity index (χ0v) is 14.0. The molecule has 2 rings (SSSR count). The van der Waals surface area contributed by atoms with Gasteiger partial charge in [0.05, 0.1) is 0 Å². The summed E-state index contributed by atoms with van der Waals surface area (Å²) in [5.74, 6) is 0.732. The van der Waals surface area contributed by atoms with Gasteiger partial charge in [0.15, 0.2) is 0 Å². The number of hydrogen-bond acceptors (Lipinski definition) is 2. The summed E-state index contributed by atoms with van der Waals surface area (Å²) in [4.78, 5) is 0. The molecule has 2 heteroatoms. The number of phenols is 2. The number of aryl methyl sites for hydroxylation is 1. The number of unbranched alkanes of at least 4 members (excludes halogenated alkanes) is 1. The van der Waals surface area contributed by atoms with Crippen molar-refractivity contribution in [3.63, 3.8) is 0 Å². The van der Waals surface area contributed by atoms with Gasteiger partial charge in [0.1, 0.15) is 11.5 Å². The van der Waals surface area contributed by atoms with E-state index in [4.69, 9.17) is 0 Å². The van der Waals surface area contributed by atoms with Gasteiger partial charge in [-0.25, -0.2) is 0 Å². The first-order valence-corrected chi connectivity index (χ1v) is 8.31. The lowest BCUT2D eigenvalue weighted by molar-refractivity contribution is 0.406. The Morgan fingerprint density at radius 3 is 2.45 bits per heavy atom. The molecular formula is C20H28O2. The first-order chi connectivity index (χ1) is 10.4. The van der Waals surface area contributed by atoms with Gasteiger partial charge in [-0.2, -0.15) is 0 Å². The van der Waals surface area contributed by atoms with E-state index in [2.05, 4.69) is 26.5 Å². The SMILES string of the molecule is C=C(C)[C@H]1CCC(C)=C[C@@H]1c1c(O)cc(CCCC)cc1O. The van der Waals surface area contributed by atoms with Crippen LogP contribution in [0.25, 0.3) is 0 Å². The van der Waals surface area contributed by atoms with Gasteiger partial charge in [-0.3, -0.25) is 0 Å². The fraction of sp³-hybridized carbons (Fsp3) is 0.500. The Morgan fingerprint density at radius 1 is 1.27 bits per heavy atom. The van der Waals surface area contributed by atoms with Crippen molar-refractivity contribution in [2.24, 2.45) is 5.92 Å². The number of aromatic hydroxyl groups is 2. The number of allylic oxidation sites excluding steroid dienone is 3. The van der Waals surface area contributed by atoms with Gasteiger partial charge in [-0.1, -0.05) is 37.1 Å². The first kappa shape index (κ1) is 16.7. The number of rotatable bonds is 5. The Kier molecular flexibility index (Phi) is 5.33. The van der Waals surface area contributed by atoms with Crippen LogP contribution in [0.4, 0.5) is 0 Å². The van der Waals surface area contributed by atoms with E-state index in [9.17, 15) is 10.2 Å². The average molecular weight is 300 g/mol. The van der Waals surface area contributed by atoms with E-state index in [1.165, 1.54) is 5.57 Å². The van der Waals surface area contributed by atoms with Crippen LogP contribution in [0, 0.1) is 5.92 Å². The molecule has 1 aromatic carbocycles. The molecule has 0 saturated carbocycles. The summed E-state index contributed by atoms with van der Waals surface area (Å²) < 4.78 is 0. The molecule has 120 valence electrons. The van der Waals surface area contributed by atoms with Crippen LogP contribution in [0.1, 0.15) is 63.5 Å². The van der Waals surface area contributed by atoms with Crippen LogP contribution in [-0.2, 0) is 6.42 Å². The molecule has 0 radical (unpaired) electrons. The van der Waals surface area contributed by atoms with E-state index in [0.29, 0.717) is 5.56 Å². The van der Waals surface area contributed by atoms with E-state index >= 15 is 0 Å². The van der Waals surface area contributed by atoms with Crippen molar-refractivity contribution in [1.29, 1.82) is 0 Å². The molecule has 2 N–H and O–H groups in total. The van der Waals surface area contributed by atoms with Crippen molar-refractivity contribution in [3.8, 4) is 11.5 Å². The van der Waals surface area contributed by atoms with Crippen molar-refractivity contribution < 1.29 is 10.2 Å². The molecule has 0 unspecified atom stereocenters. The maximum atomic E-state index is 10.5. The summed E-state index contributed by atoms with van der Waals surface area (Å²) in [5.41, 5.74) is 4.09. The summed E-state index contributed by atoms with van der Waals surface area (Å²) in [6, 6.07) is 3.63. The molecule has 0 aliphatic heterocycles. The molecule has 2 nitrogen and oxygen atoms in total. The topological polar surface area (TPSA) is 40.5 Å². The fourth-order valence-corrected chi connectivity index (χ4v) is 3.45. The van der Waals surface area contributed by atoms with Gasteiger partial charge in [-0.05, 0) is 63.1 Å². The van der Waals surface area contributed by atoms with Gasteiger partial charge in [0, 0.05) is 11.5 Å². The van der Waals surface area contributed by atoms with E-state index in [1.807, 2.05) is 19.1 Å². The van der Waals surface area contributed by atoms with Crippen LogP contribution in [-0.4, -0.2) is 10.2 Å². The summed E-state index contributed by atoms with van der Waals surface area (Å²) in [6.45, 7) is 10.4. The van der Waals surface area contributed by atoms with Gasteiger partial charge in [-0.15, -0.1) is 0 Å². The molecule has 0 saturated heterocycles. The molecule has 0 spiro atoms. The minimum Gasteiger partial charge on any atom is -0.507 e. The summed E-state index contributed by atoms with van der Waals surface area (Å²) in [5, 5.41) is 21.0. The summed E-state index contributed by atoms with van der Waals surface area (Å²) in [6.07, 6.45) is 7.33. The lowest BCUT2D eigenvalue weighted by atomic mass is 9.73. The standard InChI is InChI=1S/C20H28O2/c1-5-6-7-15-11-18(21)20(19(22)12-15)17-10-14(4)8-9-16(17)13(2)3/h10-12,16-17,21-22H,2,5-9H2,1,3-4H3/t16-,17+/m1/s1. The molecule has 0 amide bonds. The quantitative estimate of drug-likeness (QED) is 0.709. The molecule has 22 heavy (non-hydrogen) atoms. The maximum Gasteiger partial charge on any atom is 0.123 e. The van der Waals surface area contributed by atoms with Crippen LogP contribution in [0.3, 0.4) is 0 Å². The van der Waals surface area contributed by atoms with E-state index in [1.54, 1.807) is 0 Å². The molecular weight excluding hydrogens is 272 g/mol. The highest BCUT2D eigenvalue weighted by atomic mass is 16.3. The largest absolute Gasteiger partial charge is 0.507 e. The molecule has 0 heterocycles. The Labute approximate surface area is 134 Å². The highest BCUT2D eigenvalue weighted by Crippen LogP contribution is 2.46. The Balaban J connectivity index is 2.41. The van der Waals surface area contributed by atoms with Crippen LogP contribution in [0.15, 0.2) is 35.9 Å². The maximum absolute atomic E-state index is 10.5. The predicted octanol–water partition coefficient (Wildman–Crippen LogP) is 5.46. The Hall–Kier alpha value is -1.70. The van der Waals surface area contributed by atoms with Crippen molar-refractivity contribution >= 4 is 0 Å². The minimum atomic E-state index is 0.0199. The molecule has 1 aromatic rings. The van der Waals surface area contributed by atoms with E-state index < -0.39 is 0 Å². The third-order valence-electron chi connectivity index (χ3n) is 4.73. The van der Waals surface area contributed by atoms with Crippen LogP contribution < -0.4 is 0 Å². The molecule has 1 aliphatic carbocycles. The predicted molar refractivity (Wildman–Crippen MR) is 92.4 cm³/mol. The van der Waals surface area contributed by atoms with Crippen molar-refractivity contribution in [2.75, 3.05) is 0 Å². The molecule has 0 bridgehead atoms. The van der Waals surface area contributed by atoms with Crippen molar-refractivity contribution in [3.05, 3.63) is 47.1 Å². The average Bonchev–Trinajstić information content (AvgIpc) is 2.44. The van der Waals surface area contributed by atoms with Gasteiger partial charge in [0.2, 0.25) is 0 Å². The lowest BCUT2D eigenvalue weighted by Gasteiger charge is -2.31. The molecule has 1 aliphatic rings. The highest BCUT2D eigenvalue weighted by Gasteiger charge is 2.29. The number of phenolic OH excluding ortho intramolecular Hbond substituents is 2. The number of benzene rings is 1. The second-order valence-electron chi connectivity index (χ2n) is 6.68. The Morgan fingerprint density at radius 2 is 1.91 bits per heavy atom. The second kappa shape index (κ2) is 7.04. The van der Waals surface area contributed by atoms with Gasteiger partial charge in [0.25, 0.3) is 0 Å². The van der Waals surface area contributed by atoms with E-state index in [0.717, 1.165) is 43.2 Å². The molecule has 0 aromatic heterocycles. The highest BCUT2D eigenvalue weighted by molar-refractivity contribution is 5.51. The van der Waals surface area contributed by atoms with Crippen molar-refractivity contribution in [2.45, 2.75) is 58.8 Å². The lowest BCUT2D eigenvalue weighted by Crippen LogP contribution is -2.17. The Bertz CT molecular complexity index is 560. The first-order valence-electron chi connectivity index (χ1n) is 8.31. The second-order valence-corrected chi connectivity index (χ2v) is 6.68. The number of hydrogen-bond donors (Lipinski definition) is 2.